The van der Waals surface area contributed by atoms with E-state index in [1.165, 1.54) is 25.1 Å². The highest BCUT2D eigenvalue weighted by molar-refractivity contribution is 6.06. The smallest absolute Gasteiger partial charge is 0.420 e. The van der Waals surface area contributed by atoms with Crippen molar-refractivity contribution < 1.29 is 67.4 Å². The average molecular weight is 831 g/mol. The van der Waals surface area contributed by atoms with E-state index in [1.54, 1.807) is 25.1 Å². The van der Waals surface area contributed by atoms with Gasteiger partial charge in [-0.25, -0.2) is 22.0 Å². The summed E-state index contributed by atoms with van der Waals surface area (Å²) in [5.41, 5.74) is -5.86. The quantitative estimate of drug-likeness (QED) is 0.142. The zero-order chi connectivity index (χ0) is 43.0. The largest absolute Gasteiger partial charge is 0.456 e. The minimum absolute atomic E-state index is 0.00664. The predicted molar refractivity (Wildman–Crippen MR) is 193 cm³/mol. The second kappa shape index (κ2) is 16.2. The molecule has 6 rings (SSSR count). The van der Waals surface area contributed by atoms with E-state index in [1.807, 2.05) is 5.32 Å². The van der Waals surface area contributed by atoms with Crippen LogP contribution < -0.4 is 20.1 Å². The van der Waals surface area contributed by atoms with Crippen molar-refractivity contribution in [1.29, 1.82) is 0 Å². The van der Waals surface area contributed by atoms with Crippen LogP contribution in [0.1, 0.15) is 43.0 Å². The van der Waals surface area contributed by atoms with Gasteiger partial charge in [0.05, 0.1) is 0 Å². The third kappa shape index (κ3) is 9.14. The van der Waals surface area contributed by atoms with Crippen molar-refractivity contribution in [2.75, 3.05) is 10.6 Å². The number of hydrogen-bond donors (Lipinski definition) is 2. The molecule has 2 amide bonds. The number of benzene rings is 6. The standard InChI is InChI=1S/C42H25F11N2O4/c1-20-5-3-4-6-32(20)58-34-13-9-25(19-27(34)41(48,49)50)55-40(57)37-29(44)11-10-26(38(37)47)22-7-12-33(21(2)15-22)59-35-14-8-24(18-28(35)42(51,52)53)54-39(56)36-30(45)16-23(43)17-31(36)46/h3-19H,1-2H3,(H,54,56)(H,55,57). The van der Waals surface area contributed by atoms with Gasteiger partial charge in [0.25, 0.3) is 11.8 Å². The summed E-state index contributed by atoms with van der Waals surface area (Å²) in [6.45, 7) is 2.99. The molecule has 0 radical (unpaired) electrons. The Labute approximate surface area is 326 Å². The highest BCUT2D eigenvalue weighted by atomic mass is 19.4. The predicted octanol–water partition coefficient (Wildman–Crippen LogP) is 12.8. The molecule has 17 heteroatoms. The van der Waals surface area contributed by atoms with E-state index in [9.17, 15) is 53.5 Å². The van der Waals surface area contributed by atoms with Gasteiger partial charge in [0.1, 0.15) is 74.3 Å². The normalized spacial score (nSPS) is 11.6. The Hall–Kier alpha value is -6.91. The maximum atomic E-state index is 15.9. The van der Waals surface area contributed by atoms with Gasteiger partial charge in [-0.05, 0) is 97.3 Å². The van der Waals surface area contributed by atoms with Crippen LogP contribution in [0.15, 0.2) is 103 Å². The lowest BCUT2D eigenvalue weighted by molar-refractivity contribution is -0.139. The van der Waals surface area contributed by atoms with Crippen LogP contribution in [0, 0.1) is 42.9 Å². The van der Waals surface area contributed by atoms with E-state index < -0.39 is 98.4 Å². The third-order valence-electron chi connectivity index (χ3n) is 8.66. The van der Waals surface area contributed by atoms with Crippen molar-refractivity contribution in [3.63, 3.8) is 0 Å². The van der Waals surface area contributed by atoms with Crippen LogP contribution in [-0.4, -0.2) is 11.8 Å². The molecule has 0 atom stereocenters. The second-order valence-corrected chi connectivity index (χ2v) is 12.8. The number of alkyl halides is 6. The molecule has 0 saturated carbocycles. The molecule has 0 unspecified atom stereocenters. The molecular formula is C42H25F11N2O4. The van der Waals surface area contributed by atoms with Crippen molar-refractivity contribution >= 4 is 23.2 Å². The molecule has 2 N–H and O–H groups in total. The zero-order valence-electron chi connectivity index (χ0n) is 30.1. The summed E-state index contributed by atoms with van der Waals surface area (Å²) in [6, 6.07) is 16.7. The number of hydrogen-bond acceptors (Lipinski definition) is 4. The zero-order valence-corrected chi connectivity index (χ0v) is 30.1. The molecule has 0 bridgehead atoms. The molecule has 0 saturated heterocycles. The van der Waals surface area contributed by atoms with Crippen molar-refractivity contribution in [1.82, 2.24) is 0 Å². The lowest BCUT2D eigenvalue weighted by Gasteiger charge is -2.18. The molecule has 0 aliphatic heterocycles. The number of aryl methyl sites for hydroxylation is 2. The van der Waals surface area contributed by atoms with Gasteiger partial charge in [-0.3, -0.25) is 9.59 Å². The maximum Gasteiger partial charge on any atom is 0.420 e. The number of rotatable bonds is 9. The second-order valence-electron chi connectivity index (χ2n) is 12.8. The number of carbonyl (C=O) groups excluding carboxylic acids is 2. The summed E-state index contributed by atoms with van der Waals surface area (Å²) in [7, 11) is 0. The minimum atomic E-state index is -5.10. The Morgan fingerprint density at radius 1 is 0.508 bits per heavy atom. The number of ether oxygens (including phenoxy) is 2. The summed E-state index contributed by atoms with van der Waals surface area (Å²) < 4.78 is 168. The molecule has 304 valence electrons. The average Bonchev–Trinajstić information content (AvgIpc) is 3.13. The van der Waals surface area contributed by atoms with Gasteiger partial charge in [-0.2, -0.15) is 26.3 Å². The molecule has 6 aromatic carbocycles. The molecule has 0 heterocycles. The Bertz CT molecular complexity index is 2600. The summed E-state index contributed by atoms with van der Waals surface area (Å²) in [4.78, 5) is 25.6. The summed E-state index contributed by atoms with van der Waals surface area (Å²) in [5, 5.41) is 3.99. The van der Waals surface area contributed by atoms with Crippen LogP contribution in [0.5, 0.6) is 23.0 Å². The van der Waals surface area contributed by atoms with E-state index in [2.05, 4.69) is 5.32 Å². The van der Waals surface area contributed by atoms with Crippen molar-refractivity contribution in [3.05, 3.63) is 166 Å². The first-order valence-electron chi connectivity index (χ1n) is 16.9. The highest BCUT2D eigenvalue weighted by Gasteiger charge is 2.37. The fraction of sp³-hybridized carbons (Fsp3) is 0.0952. The first-order valence-corrected chi connectivity index (χ1v) is 16.9. The van der Waals surface area contributed by atoms with E-state index >= 15 is 4.39 Å². The SMILES string of the molecule is Cc1cc(-c2ccc(F)c(C(=O)Nc3ccc(Oc4ccccc4C)c(C(F)(F)F)c3)c2F)ccc1Oc1ccc(NC(=O)c2c(F)cc(F)cc2F)cc1C(F)(F)F. The van der Waals surface area contributed by atoms with Crippen LogP contribution in [0.3, 0.4) is 0 Å². The van der Waals surface area contributed by atoms with Crippen LogP contribution in [0.4, 0.5) is 59.7 Å². The summed E-state index contributed by atoms with van der Waals surface area (Å²) in [5.74, 6) is -11.7. The Balaban J connectivity index is 1.24. The summed E-state index contributed by atoms with van der Waals surface area (Å²) in [6.07, 6.45) is -10.1. The maximum absolute atomic E-state index is 15.9. The van der Waals surface area contributed by atoms with Gasteiger partial charge in [-0.1, -0.05) is 24.3 Å². The first kappa shape index (κ1) is 41.7. The Morgan fingerprint density at radius 3 is 1.51 bits per heavy atom. The van der Waals surface area contributed by atoms with Crippen molar-refractivity contribution in [2.45, 2.75) is 26.2 Å². The van der Waals surface area contributed by atoms with Gasteiger partial charge in [0.15, 0.2) is 0 Å². The molecule has 0 fully saturated rings. The van der Waals surface area contributed by atoms with Crippen molar-refractivity contribution in [2.24, 2.45) is 0 Å². The number of anilines is 2. The van der Waals surface area contributed by atoms with E-state index in [-0.39, 0.29) is 40.3 Å². The van der Waals surface area contributed by atoms with Gasteiger partial charge >= 0.3 is 12.4 Å². The topological polar surface area (TPSA) is 76.7 Å². The van der Waals surface area contributed by atoms with E-state index in [0.717, 1.165) is 42.5 Å². The molecule has 6 nitrogen and oxygen atoms in total. The number of halogens is 11. The molecule has 0 aliphatic rings. The molecule has 59 heavy (non-hydrogen) atoms. The van der Waals surface area contributed by atoms with Gasteiger partial charge < -0.3 is 20.1 Å². The highest BCUT2D eigenvalue weighted by Crippen LogP contribution is 2.42. The van der Waals surface area contributed by atoms with Crippen LogP contribution in [0.25, 0.3) is 11.1 Å². The first-order chi connectivity index (χ1) is 27.7. The van der Waals surface area contributed by atoms with Gasteiger partial charge in [0.2, 0.25) is 0 Å². The molecule has 0 aliphatic carbocycles. The van der Waals surface area contributed by atoms with Crippen LogP contribution in [-0.2, 0) is 12.4 Å². The number of amides is 2. The van der Waals surface area contributed by atoms with Crippen molar-refractivity contribution in [3.8, 4) is 34.1 Å². The van der Waals surface area contributed by atoms with Crippen LogP contribution >= 0.6 is 0 Å². The van der Waals surface area contributed by atoms with E-state index in [0.29, 0.717) is 17.7 Å². The Morgan fingerprint density at radius 2 is 1.00 bits per heavy atom. The summed E-state index contributed by atoms with van der Waals surface area (Å²) >= 11 is 0. The Kier molecular flexibility index (Phi) is 11.4. The number of para-hydroxylation sites is 1. The van der Waals surface area contributed by atoms with E-state index in [4.69, 9.17) is 9.47 Å². The fourth-order valence-corrected chi connectivity index (χ4v) is 5.81. The fourth-order valence-electron chi connectivity index (χ4n) is 5.81. The molecule has 6 aromatic rings. The molecular weight excluding hydrogens is 805 g/mol. The number of nitrogens with one attached hydrogen (secondary N) is 2. The monoisotopic (exact) mass is 830 g/mol. The molecule has 0 spiro atoms. The lowest BCUT2D eigenvalue weighted by Crippen LogP contribution is -2.17. The van der Waals surface area contributed by atoms with Gasteiger partial charge in [-0.15, -0.1) is 0 Å². The third-order valence-corrected chi connectivity index (χ3v) is 8.66. The van der Waals surface area contributed by atoms with Gasteiger partial charge in [0, 0.05) is 29.1 Å². The number of carbonyl (C=O) groups is 2. The lowest BCUT2D eigenvalue weighted by atomic mass is 9.99. The van der Waals surface area contributed by atoms with Crippen LogP contribution in [0.2, 0.25) is 0 Å². The minimum Gasteiger partial charge on any atom is -0.456 e. The molecule has 0 aromatic heterocycles.